The monoisotopic (exact) mass is 361 g/mol. The first-order chi connectivity index (χ1) is 11.7. The van der Waals surface area contributed by atoms with Crippen molar-refractivity contribution in [1.82, 2.24) is 15.3 Å². The highest BCUT2D eigenvalue weighted by atomic mass is 32.2. The largest absolute Gasteiger partial charge is 0.352 e. The summed E-state index contributed by atoms with van der Waals surface area (Å²) >= 11 is 3.36. The molecule has 1 N–H and O–H groups in total. The molecule has 2 aromatic heterocycles. The minimum Gasteiger partial charge on any atom is -0.352 e. The van der Waals surface area contributed by atoms with Gasteiger partial charge in [-0.25, -0.2) is 9.97 Å². The zero-order valence-electron chi connectivity index (χ0n) is 14.0. The SMILES string of the molecule is C[C@H]1CCCC[C@H]1NC(=O)CSc1ncnc2sc3c(c12)CCC3. The van der Waals surface area contributed by atoms with Crippen LogP contribution in [-0.4, -0.2) is 27.7 Å². The summed E-state index contributed by atoms with van der Waals surface area (Å²) in [7, 11) is 0. The molecule has 2 aliphatic carbocycles. The van der Waals surface area contributed by atoms with Crippen molar-refractivity contribution in [2.75, 3.05) is 5.75 Å². The number of nitrogens with one attached hydrogen (secondary N) is 1. The van der Waals surface area contributed by atoms with E-state index < -0.39 is 0 Å². The van der Waals surface area contributed by atoms with Crippen LogP contribution in [0.4, 0.5) is 0 Å². The maximum Gasteiger partial charge on any atom is 0.230 e. The van der Waals surface area contributed by atoms with Gasteiger partial charge in [-0.15, -0.1) is 11.3 Å². The maximum absolute atomic E-state index is 12.4. The second-order valence-electron chi connectivity index (χ2n) is 6.94. The summed E-state index contributed by atoms with van der Waals surface area (Å²) in [6.07, 6.45) is 10.0. The standard InChI is InChI=1S/C18H23N3OS2/c1-11-5-2-3-7-13(11)21-15(22)9-23-17-16-12-6-4-8-14(12)24-18(16)20-10-19-17/h10-11,13H,2-9H2,1H3,(H,21,22)/t11-,13+/m0/s1. The number of rotatable bonds is 4. The van der Waals surface area contributed by atoms with Gasteiger partial charge >= 0.3 is 0 Å². The highest BCUT2D eigenvalue weighted by Crippen LogP contribution is 2.39. The molecular weight excluding hydrogens is 338 g/mol. The lowest BCUT2D eigenvalue weighted by molar-refractivity contribution is -0.119. The van der Waals surface area contributed by atoms with Gasteiger partial charge < -0.3 is 5.32 Å². The van der Waals surface area contributed by atoms with Crippen LogP contribution in [0, 0.1) is 5.92 Å². The van der Waals surface area contributed by atoms with E-state index in [0.29, 0.717) is 17.7 Å². The molecule has 6 heteroatoms. The molecule has 4 nitrogen and oxygen atoms in total. The minimum atomic E-state index is 0.136. The summed E-state index contributed by atoms with van der Waals surface area (Å²) in [5.41, 5.74) is 1.43. The first kappa shape index (κ1) is 16.3. The molecule has 0 aliphatic heterocycles. The maximum atomic E-state index is 12.4. The summed E-state index contributed by atoms with van der Waals surface area (Å²) in [5, 5.41) is 5.42. The fourth-order valence-corrected chi connectivity index (χ4v) is 6.05. The number of carbonyl (C=O) groups excluding carboxylic acids is 1. The van der Waals surface area contributed by atoms with E-state index in [9.17, 15) is 4.79 Å². The smallest absolute Gasteiger partial charge is 0.230 e. The van der Waals surface area contributed by atoms with Crippen molar-refractivity contribution < 1.29 is 4.79 Å². The quantitative estimate of drug-likeness (QED) is 0.661. The topological polar surface area (TPSA) is 54.9 Å². The van der Waals surface area contributed by atoms with E-state index in [-0.39, 0.29) is 5.91 Å². The van der Waals surface area contributed by atoms with Crippen molar-refractivity contribution >= 4 is 39.2 Å². The molecule has 0 spiro atoms. The lowest BCUT2D eigenvalue weighted by Crippen LogP contribution is -2.41. The van der Waals surface area contributed by atoms with E-state index in [1.54, 1.807) is 29.4 Å². The Kier molecular flexibility index (Phi) is 4.77. The van der Waals surface area contributed by atoms with Gasteiger partial charge in [-0.1, -0.05) is 31.5 Å². The highest BCUT2D eigenvalue weighted by Gasteiger charge is 2.24. The van der Waals surface area contributed by atoms with Gasteiger partial charge in [0, 0.05) is 16.3 Å². The first-order valence-corrected chi connectivity index (χ1v) is 10.7. The molecule has 0 unspecified atom stereocenters. The van der Waals surface area contributed by atoms with Gasteiger partial charge in [-0.3, -0.25) is 4.79 Å². The minimum absolute atomic E-state index is 0.136. The Morgan fingerprint density at radius 2 is 2.17 bits per heavy atom. The molecular formula is C18H23N3OS2. The van der Waals surface area contributed by atoms with Gasteiger partial charge in [-0.05, 0) is 43.6 Å². The Bertz CT molecular complexity index is 758. The number of aryl methyl sites for hydroxylation is 2. The molecule has 0 bridgehead atoms. The third kappa shape index (κ3) is 3.18. The molecule has 128 valence electrons. The number of hydrogen-bond acceptors (Lipinski definition) is 5. The average Bonchev–Trinajstić information content (AvgIpc) is 3.16. The molecule has 1 saturated carbocycles. The van der Waals surface area contributed by atoms with E-state index in [1.165, 1.54) is 47.9 Å². The van der Waals surface area contributed by atoms with Crippen LogP contribution in [0.2, 0.25) is 0 Å². The Morgan fingerprint density at radius 3 is 3.04 bits per heavy atom. The van der Waals surface area contributed by atoms with Crippen LogP contribution in [0.3, 0.4) is 0 Å². The zero-order chi connectivity index (χ0) is 16.5. The van der Waals surface area contributed by atoms with Gasteiger partial charge in [-0.2, -0.15) is 0 Å². The van der Waals surface area contributed by atoms with Crippen LogP contribution in [0.5, 0.6) is 0 Å². The number of fused-ring (bicyclic) bond motifs is 3. The van der Waals surface area contributed by atoms with Crippen molar-refractivity contribution in [1.29, 1.82) is 0 Å². The Balaban J connectivity index is 1.44. The Labute approximate surface area is 150 Å². The van der Waals surface area contributed by atoms with Crippen molar-refractivity contribution in [2.24, 2.45) is 5.92 Å². The number of hydrogen-bond donors (Lipinski definition) is 1. The zero-order valence-corrected chi connectivity index (χ0v) is 15.6. The lowest BCUT2D eigenvalue weighted by Gasteiger charge is -2.29. The molecule has 2 aromatic rings. The van der Waals surface area contributed by atoms with Crippen LogP contribution in [0.1, 0.15) is 49.5 Å². The third-order valence-corrected chi connectivity index (χ3v) is 7.45. The number of thioether (sulfide) groups is 1. The fraction of sp³-hybridized carbons (Fsp3) is 0.611. The predicted molar refractivity (Wildman–Crippen MR) is 99.7 cm³/mol. The summed E-state index contributed by atoms with van der Waals surface area (Å²) in [5.74, 6) is 1.18. The van der Waals surface area contributed by atoms with Crippen molar-refractivity contribution in [2.45, 2.75) is 62.9 Å². The number of nitrogens with zero attached hydrogens (tertiary/aromatic N) is 2. The molecule has 2 atom stereocenters. The van der Waals surface area contributed by atoms with Gasteiger partial charge in [0.1, 0.15) is 16.2 Å². The number of carbonyl (C=O) groups is 1. The van der Waals surface area contributed by atoms with Gasteiger partial charge in [0.15, 0.2) is 0 Å². The molecule has 0 aromatic carbocycles. The van der Waals surface area contributed by atoms with Crippen LogP contribution in [0.25, 0.3) is 10.2 Å². The molecule has 0 saturated heterocycles. The van der Waals surface area contributed by atoms with Crippen molar-refractivity contribution in [3.8, 4) is 0 Å². The molecule has 1 fully saturated rings. The Hall–Kier alpha value is -1.14. The van der Waals surface area contributed by atoms with Crippen LogP contribution >= 0.6 is 23.1 Å². The van der Waals surface area contributed by atoms with Crippen LogP contribution in [0.15, 0.2) is 11.4 Å². The molecule has 4 rings (SSSR count). The van der Waals surface area contributed by atoms with Crippen LogP contribution in [-0.2, 0) is 17.6 Å². The van der Waals surface area contributed by atoms with E-state index in [4.69, 9.17) is 0 Å². The van der Waals surface area contributed by atoms with Crippen molar-refractivity contribution in [3.05, 3.63) is 16.8 Å². The normalized spacial score (nSPS) is 23.4. The van der Waals surface area contributed by atoms with E-state index in [2.05, 4.69) is 22.2 Å². The summed E-state index contributed by atoms with van der Waals surface area (Å²) in [6, 6.07) is 0.350. The van der Waals surface area contributed by atoms with E-state index in [1.807, 2.05) is 0 Å². The Morgan fingerprint density at radius 1 is 1.29 bits per heavy atom. The lowest BCUT2D eigenvalue weighted by atomic mass is 9.86. The van der Waals surface area contributed by atoms with E-state index >= 15 is 0 Å². The molecule has 24 heavy (non-hydrogen) atoms. The second-order valence-corrected chi connectivity index (χ2v) is 8.99. The molecule has 1 amide bonds. The summed E-state index contributed by atoms with van der Waals surface area (Å²) in [6.45, 7) is 2.25. The summed E-state index contributed by atoms with van der Waals surface area (Å²) in [4.78, 5) is 23.8. The van der Waals surface area contributed by atoms with Crippen LogP contribution < -0.4 is 5.32 Å². The van der Waals surface area contributed by atoms with Gasteiger partial charge in [0.05, 0.1) is 5.75 Å². The average molecular weight is 362 g/mol. The summed E-state index contributed by atoms with van der Waals surface area (Å²) < 4.78 is 0. The van der Waals surface area contributed by atoms with Crippen molar-refractivity contribution in [3.63, 3.8) is 0 Å². The molecule has 2 aliphatic rings. The molecule has 2 heterocycles. The van der Waals surface area contributed by atoms with Gasteiger partial charge in [0.2, 0.25) is 5.91 Å². The second kappa shape index (κ2) is 7.00. The predicted octanol–water partition coefficient (Wildman–Crippen LogP) is 3.97. The fourth-order valence-electron chi connectivity index (χ4n) is 3.92. The molecule has 0 radical (unpaired) electrons. The number of aromatic nitrogens is 2. The third-order valence-electron chi connectivity index (χ3n) is 5.26. The van der Waals surface area contributed by atoms with Gasteiger partial charge in [0.25, 0.3) is 0 Å². The highest BCUT2D eigenvalue weighted by molar-refractivity contribution is 8.00. The van der Waals surface area contributed by atoms with E-state index in [0.717, 1.165) is 22.7 Å². The number of thiophene rings is 1. The first-order valence-electron chi connectivity index (χ1n) is 8.90. The number of amides is 1.